The summed E-state index contributed by atoms with van der Waals surface area (Å²) >= 11 is 6.13. The molecule has 7 nitrogen and oxygen atoms in total. The van der Waals surface area contributed by atoms with E-state index < -0.39 is 0 Å². The second kappa shape index (κ2) is 8.75. The maximum absolute atomic E-state index is 12.2. The number of anilines is 3. The second-order valence-electron chi connectivity index (χ2n) is 6.61. The Kier molecular flexibility index (Phi) is 6.16. The molecule has 0 unspecified atom stereocenters. The van der Waals surface area contributed by atoms with Crippen LogP contribution in [-0.2, 0) is 9.59 Å². The van der Waals surface area contributed by atoms with Gasteiger partial charge in [0, 0.05) is 29.9 Å². The van der Waals surface area contributed by atoms with Crippen LogP contribution in [0.1, 0.15) is 30.1 Å². The Bertz CT molecular complexity index is 912. The maximum atomic E-state index is 12.2. The van der Waals surface area contributed by atoms with Crippen LogP contribution in [0.3, 0.4) is 0 Å². The van der Waals surface area contributed by atoms with Crippen LogP contribution in [-0.4, -0.2) is 30.3 Å². The Morgan fingerprint density at radius 2 is 1.79 bits per heavy atom. The van der Waals surface area contributed by atoms with Gasteiger partial charge < -0.3 is 21.3 Å². The second-order valence-corrected chi connectivity index (χ2v) is 7.01. The van der Waals surface area contributed by atoms with Crippen molar-refractivity contribution in [2.75, 3.05) is 22.5 Å². The zero-order chi connectivity index (χ0) is 20.1. The molecule has 3 rings (SSSR count). The highest BCUT2D eigenvalue weighted by Gasteiger charge is 2.23. The van der Waals surface area contributed by atoms with Crippen molar-refractivity contribution in [2.24, 2.45) is 0 Å². The molecule has 1 aliphatic carbocycles. The number of hydrogen-bond acceptors (Lipinski definition) is 4. The molecule has 1 aliphatic rings. The van der Waals surface area contributed by atoms with Gasteiger partial charge in [-0.05, 0) is 49.2 Å². The highest BCUT2D eigenvalue weighted by Crippen LogP contribution is 2.25. The van der Waals surface area contributed by atoms with Crippen LogP contribution in [0, 0.1) is 0 Å². The van der Waals surface area contributed by atoms with E-state index in [9.17, 15) is 14.4 Å². The Balaban J connectivity index is 1.57. The molecule has 28 heavy (non-hydrogen) atoms. The third-order valence-corrected chi connectivity index (χ3v) is 4.38. The number of rotatable bonds is 7. The van der Waals surface area contributed by atoms with Crippen LogP contribution in [0.25, 0.3) is 0 Å². The number of amides is 3. The van der Waals surface area contributed by atoms with Gasteiger partial charge in [-0.1, -0.05) is 17.7 Å². The lowest BCUT2D eigenvalue weighted by molar-refractivity contribution is -0.115. The van der Waals surface area contributed by atoms with Crippen molar-refractivity contribution in [1.82, 2.24) is 5.32 Å². The summed E-state index contributed by atoms with van der Waals surface area (Å²) in [5, 5.41) is 11.7. The van der Waals surface area contributed by atoms with Crippen LogP contribution in [0.5, 0.6) is 0 Å². The fourth-order valence-corrected chi connectivity index (χ4v) is 2.74. The fraction of sp³-hybridized carbons (Fsp3) is 0.250. The smallest absolute Gasteiger partial charge is 0.251 e. The lowest BCUT2D eigenvalue weighted by Crippen LogP contribution is -2.26. The molecule has 0 spiro atoms. The van der Waals surface area contributed by atoms with Crippen molar-refractivity contribution in [3.05, 3.63) is 53.1 Å². The molecule has 1 saturated carbocycles. The topological polar surface area (TPSA) is 99.3 Å². The molecule has 0 aromatic heterocycles. The van der Waals surface area contributed by atoms with Gasteiger partial charge in [0.15, 0.2) is 0 Å². The predicted molar refractivity (Wildman–Crippen MR) is 110 cm³/mol. The normalized spacial score (nSPS) is 12.8. The Morgan fingerprint density at radius 1 is 1.04 bits per heavy atom. The van der Waals surface area contributed by atoms with E-state index in [1.165, 1.54) is 6.92 Å². The summed E-state index contributed by atoms with van der Waals surface area (Å²) in [7, 11) is 0. The summed E-state index contributed by atoms with van der Waals surface area (Å²) in [6, 6.07) is 12.0. The molecule has 0 atom stereocenters. The molecule has 0 heterocycles. The van der Waals surface area contributed by atoms with E-state index in [1.807, 2.05) is 0 Å². The first-order chi connectivity index (χ1) is 13.4. The minimum absolute atomic E-state index is 0.0260. The van der Waals surface area contributed by atoms with E-state index >= 15 is 0 Å². The van der Waals surface area contributed by atoms with Crippen molar-refractivity contribution in [2.45, 2.75) is 25.8 Å². The molecular formula is C20H21ClN4O3. The van der Waals surface area contributed by atoms with Gasteiger partial charge in [-0.15, -0.1) is 0 Å². The van der Waals surface area contributed by atoms with E-state index in [0.717, 1.165) is 12.8 Å². The molecule has 0 bridgehead atoms. The summed E-state index contributed by atoms with van der Waals surface area (Å²) in [6.07, 6.45) is 2.03. The number of carbonyl (C=O) groups is 3. The van der Waals surface area contributed by atoms with Gasteiger partial charge in [0.2, 0.25) is 11.8 Å². The number of nitrogens with one attached hydrogen (secondary N) is 4. The van der Waals surface area contributed by atoms with E-state index in [4.69, 9.17) is 11.6 Å². The number of hydrogen-bond donors (Lipinski definition) is 4. The average Bonchev–Trinajstić information content (AvgIpc) is 3.46. The Labute approximate surface area is 167 Å². The van der Waals surface area contributed by atoms with Crippen molar-refractivity contribution >= 4 is 46.4 Å². The number of carbonyl (C=O) groups excluding carboxylic acids is 3. The molecule has 1 fully saturated rings. The van der Waals surface area contributed by atoms with Crippen LogP contribution in [0.15, 0.2) is 42.5 Å². The molecule has 0 aliphatic heterocycles. The summed E-state index contributed by atoms with van der Waals surface area (Å²) in [6.45, 7) is 1.38. The van der Waals surface area contributed by atoms with E-state index in [-0.39, 0.29) is 30.3 Å². The minimum Gasteiger partial charge on any atom is -0.375 e. The third-order valence-electron chi connectivity index (χ3n) is 4.05. The van der Waals surface area contributed by atoms with Gasteiger partial charge in [-0.25, -0.2) is 0 Å². The average molecular weight is 401 g/mol. The van der Waals surface area contributed by atoms with Gasteiger partial charge in [-0.2, -0.15) is 0 Å². The first kappa shape index (κ1) is 19.7. The standard InChI is InChI=1S/C20H21ClN4O3/c1-12(26)23-16-7-8-17(21)18(10-16)22-11-19(27)24-15-4-2-3-13(9-15)20(28)25-14-5-6-14/h2-4,7-10,14,22H,5-6,11H2,1H3,(H,23,26)(H,24,27)(H,25,28). The molecular weight excluding hydrogens is 380 g/mol. The van der Waals surface area contributed by atoms with Gasteiger partial charge >= 0.3 is 0 Å². The van der Waals surface area contributed by atoms with Gasteiger partial charge in [-0.3, -0.25) is 14.4 Å². The summed E-state index contributed by atoms with van der Waals surface area (Å²) < 4.78 is 0. The monoisotopic (exact) mass is 400 g/mol. The third kappa shape index (κ3) is 5.72. The van der Waals surface area contributed by atoms with Crippen molar-refractivity contribution in [1.29, 1.82) is 0 Å². The molecule has 0 saturated heterocycles. The molecule has 3 amide bonds. The van der Waals surface area contributed by atoms with Crippen molar-refractivity contribution < 1.29 is 14.4 Å². The van der Waals surface area contributed by atoms with E-state index in [1.54, 1.807) is 42.5 Å². The van der Waals surface area contributed by atoms with Gasteiger partial charge in [0.1, 0.15) is 0 Å². The van der Waals surface area contributed by atoms with Crippen LogP contribution < -0.4 is 21.3 Å². The lowest BCUT2D eigenvalue weighted by atomic mass is 10.2. The Hall–Kier alpha value is -3.06. The van der Waals surface area contributed by atoms with Crippen LogP contribution in [0.4, 0.5) is 17.1 Å². The van der Waals surface area contributed by atoms with Crippen LogP contribution in [0.2, 0.25) is 5.02 Å². The maximum Gasteiger partial charge on any atom is 0.251 e. The summed E-state index contributed by atoms with van der Waals surface area (Å²) in [5.74, 6) is -0.629. The first-order valence-corrected chi connectivity index (χ1v) is 9.30. The molecule has 0 radical (unpaired) electrons. The number of halogens is 1. The largest absolute Gasteiger partial charge is 0.375 e. The fourth-order valence-electron chi connectivity index (χ4n) is 2.56. The van der Waals surface area contributed by atoms with Gasteiger partial charge in [0.25, 0.3) is 5.91 Å². The van der Waals surface area contributed by atoms with Crippen molar-refractivity contribution in [3.8, 4) is 0 Å². The van der Waals surface area contributed by atoms with E-state index in [0.29, 0.717) is 27.6 Å². The lowest BCUT2D eigenvalue weighted by Gasteiger charge is -2.12. The predicted octanol–water partition coefficient (Wildman–Crippen LogP) is 3.24. The SMILES string of the molecule is CC(=O)Nc1ccc(Cl)c(NCC(=O)Nc2cccc(C(=O)NC3CC3)c2)c1. The summed E-state index contributed by atoms with van der Waals surface area (Å²) in [5.41, 5.74) is 2.15. The first-order valence-electron chi connectivity index (χ1n) is 8.92. The quantitative estimate of drug-likeness (QED) is 0.573. The highest BCUT2D eigenvalue weighted by molar-refractivity contribution is 6.33. The number of benzene rings is 2. The zero-order valence-electron chi connectivity index (χ0n) is 15.3. The Morgan fingerprint density at radius 3 is 2.50 bits per heavy atom. The zero-order valence-corrected chi connectivity index (χ0v) is 16.1. The minimum atomic E-state index is -0.291. The van der Waals surface area contributed by atoms with E-state index in [2.05, 4.69) is 21.3 Å². The van der Waals surface area contributed by atoms with Crippen LogP contribution >= 0.6 is 11.6 Å². The summed E-state index contributed by atoms with van der Waals surface area (Å²) in [4.78, 5) is 35.5. The van der Waals surface area contributed by atoms with Gasteiger partial charge in [0.05, 0.1) is 17.3 Å². The highest BCUT2D eigenvalue weighted by atomic mass is 35.5. The molecule has 2 aromatic rings. The molecule has 2 aromatic carbocycles. The van der Waals surface area contributed by atoms with Crippen molar-refractivity contribution in [3.63, 3.8) is 0 Å². The molecule has 4 N–H and O–H groups in total. The molecule has 8 heteroatoms. The molecule has 146 valence electrons.